The van der Waals surface area contributed by atoms with Gasteiger partial charge >= 0.3 is 0 Å². The molecule has 3 aromatic rings. The third-order valence-corrected chi connectivity index (χ3v) is 5.26. The first-order chi connectivity index (χ1) is 12.9. The lowest BCUT2D eigenvalue weighted by atomic mass is 10.1. The maximum Gasteiger partial charge on any atom is 0.157 e. The zero-order chi connectivity index (χ0) is 17.3. The van der Waals surface area contributed by atoms with Gasteiger partial charge in [-0.2, -0.15) is 9.61 Å². The van der Waals surface area contributed by atoms with Crippen molar-refractivity contribution in [1.82, 2.24) is 19.9 Å². The van der Waals surface area contributed by atoms with E-state index in [4.69, 9.17) is 9.72 Å². The molecule has 6 nitrogen and oxygen atoms in total. The van der Waals surface area contributed by atoms with Gasteiger partial charge in [0, 0.05) is 37.7 Å². The summed E-state index contributed by atoms with van der Waals surface area (Å²) in [5.41, 5.74) is 4.72. The molecule has 1 saturated heterocycles. The number of aromatic nitrogens is 3. The molecule has 2 aliphatic rings. The van der Waals surface area contributed by atoms with E-state index >= 15 is 0 Å². The summed E-state index contributed by atoms with van der Waals surface area (Å²) in [6, 6.07) is 12.4. The predicted molar refractivity (Wildman–Crippen MR) is 100 cm³/mol. The van der Waals surface area contributed by atoms with Crippen molar-refractivity contribution in [3.8, 4) is 0 Å². The third-order valence-electron chi connectivity index (χ3n) is 5.26. The zero-order valence-electron chi connectivity index (χ0n) is 14.8. The number of nitrogens with one attached hydrogen (secondary N) is 1. The highest BCUT2D eigenvalue weighted by Gasteiger charge is 2.32. The van der Waals surface area contributed by atoms with E-state index in [1.54, 1.807) is 0 Å². The Morgan fingerprint density at radius 2 is 1.92 bits per heavy atom. The largest absolute Gasteiger partial charge is 0.370 e. The van der Waals surface area contributed by atoms with Gasteiger partial charge < -0.3 is 15.0 Å². The molecule has 26 heavy (non-hydrogen) atoms. The molecule has 0 unspecified atom stereocenters. The van der Waals surface area contributed by atoms with Gasteiger partial charge in [0.2, 0.25) is 0 Å². The highest BCUT2D eigenvalue weighted by molar-refractivity contribution is 5.59. The number of rotatable bonds is 4. The summed E-state index contributed by atoms with van der Waals surface area (Å²) in [4.78, 5) is 7.23. The SMILES string of the molecule is c1ccc(COC2CN(c3c4c(nc5ccnn35)CCNCC4)C2)cc1. The van der Waals surface area contributed by atoms with Crippen LogP contribution in [0.25, 0.3) is 5.65 Å². The second-order valence-electron chi connectivity index (χ2n) is 7.04. The molecule has 0 saturated carbocycles. The molecule has 4 heterocycles. The quantitative estimate of drug-likeness (QED) is 0.779. The zero-order valence-corrected chi connectivity index (χ0v) is 14.8. The van der Waals surface area contributed by atoms with Crippen molar-refractivity contribution >= 4 is 11.5 Å². The fourth-order valence-corrected chi connectivity index (χ4v) is 3.84. The summed E-state index contributed by atoms with van der Waals surface area (Å²) in [6.07, 6.45) is 4.09. The van der Waals surface area contributed by atoms with Crippen LogP contribution in [0.2, 0.25) is 0 Å². The summed E-state index contributed by atoms with van der Waals surface area (Å²) >= 11 is 0. The van der Waals surface area contributed by atoms with Crippen molar-refractivity contribution in [2.75, 3.05) is 31.1 Å². The molecule has 2 aromatic heterocycles. The fourth-order valence-electron chi connectivity index (χ4n) is 3.84. The lowest BCUT2D eigenvalue weighted by molar-refractivity contribution is 0.0218. The molecule has 5 rings (SSSR count). The molecule has 1 fully saturated rings. The van der Waals surface area contributed by atoms with Gasteiger partial charge in [-0.15, -0.1) is 0 Å². The minimum Gasteiger partial charge on any atom is -0.370 e. The molecule has 0 spiro atoms. The molecule has 134 valence electrons. The first kappa shape index (κ1) is 15.8. The van der Waals surface area contributed by atoms with Crippen molar-refractivity contribution in [3.63, 3.8) is 0 Å². The highest BCUT2D eigenvalue weighted by atomic mass is 16.5. The van der Waals surface area contributed by atoms with E-state index < -0.39 is 0 Å². The van der Waals surface area contributed by atoms with Crippen LogP contribution >= 0.6 is 0 Å². The predicted octanol–water partition coefficient (Wildman–Crippen LogP) is 1.82. The molecule has 1 N–H and O–H groups in total. The van der Waals surface area contributed by atoms with E-state index in [1.165, 1.54) is 22.6 Å². The molecule has 0 bridgehead atoms. The first-order valence-electron chi connectivity index (χ1n) is 9.35. The molecule has 0 atom stereocenters. The van der Waals surface area contributed by atoms with Crippen LogP contribution in [-0.4, -0.2) is 46.9 Å². The molecule has 1 aromatic carbocycles. The molecule has 2 aliphatic heterocycles. The fraction of sp³-hybridized carbons (Fsp3) is 0.400. The van der Waals surface area contributed by atoms with Crippen LogP contribution in [0, 0.1) is 0 Å². The number of ether oxygens (including phenoxy) is 1. The van der Waals surface area contributed by atoms with Crippen LogP contribution < -0.4 is 10.2 Å². The van der Waals surface area contributed by atoms with Gasteiger partial charge in [-0.25, -0.2) is 4.98 Å². The van der Waals surface area contributed by atoms with Gasteiger partial charge in [-0.1, -0.05) is 30.3 Å². The molecule has 0 aliphatic carbocycles. The summed E-state index contributed by atoms with van der Waals surface area (Å²) in [7, 11) is 0. The first-order valence-corrected chi connectivity index (χ1v) is 9.35. The second kappa shape index (κ2) is 6.70. The summed E-state index contributed by atoms with van der Waals surface area (Å²) in [6.45, 7) is 4.48. The second-order valence-corrected chi connectivity index (χ2v) is 7.04. The number of anilines is 1. The maximum absolute atomic E-state index is 6.08. The number of fused-ring (bicyclic) bond motifs is 2. The van der Waals surface area contributed by atoms with Gasteiger partial charge in [0.25, 0.3) is 0 Å². The summed E-state index contributed by atoms with van der Waals surface area (Å²) in [5.74, 6) is 1.21. The van der Waals surface area contributed by atoms with E-state index in [0.29, 0.717) is 6.61 Å². The molecule has 6 heteroatoms. The number of hydrogen-bond acceptors (Lipinski definition) is 5. The minimum absolute atomic E-state index is 0.272. The standard InChI is InChI=1S/C20H23N5O/c1-2-4-15(5-3-1)14-26-16-12-24(13-16)20-17-6-9-21-10-7-18(17)23-19-8-11-22-25(19)20/h1-5,8,11,16,21H,6-7,9-10,12-14H2. The van der Waals surface area contributed by atoms with Crippen LogP contribution in [0.4, 0.5) is 5.82 Å². The van der Waals surface area contributed by atoms with Gasteiger partial charge in [-0.05, 0) is 18.5 Å². The number of benzene rings is 1. The van der Waals surface area contributed by atoms with Crippen molar-refractivity contribution in [2.45, 2.75) is 25.6 Å². The highest BCUT2D eigenvalue weighted by Crippen LogP contribution is 2.30. The minimum atomic E-state index is 0.272. The Morgan fingerprint density at radius 1 is 1.08 bits per heavy atom. The van der Waals surface area contributed by atoms with Gasteiger partial charge in [0.05, 0.1) is 24.6 Å². The topological polar surface area (TPSA) is 54.7 Å². The monoisotopic (exact) mass is 349 g/mol. The molecular formula is C20H23N5O. The molecular weight excluding hydrogens is 326 g/mol. The Bertz CT molecular complexity index is 901. The van der Waals surface area contributed by atoms with Crippen LogP contribution in [0.15, 0.2) is 42.6 Å². The van der Waals surface area contributed by atoms with Crippen molar-refractivity contribution in [1.29, 1.82) is 0 Å². The van der Waals surface area contributed by atoms with Crippen molar-refractivity contribution < 1.29 is 4.74 Å². The summed E-state index contributed by atoms with van der Waals surface area (Å²) < 4.78 is 8.08. The van der Waals surface area contributed by atoms with Crippen LogP contribution in [-0.2, 0) is 24.2 Å². The van der Waals surface area contributed by atoms with Gasteiger partial charge in [-0.3, -0.25) is 0 Å². The van der Waals surface area contributed by atoms with Crippen molar-refractivity contribution in [3.05, 3.63) is 59.4 Å². The van der Waals surface area contributed by atoms with E-state index in [-0.39, 0.29) is 6.10 Å². The van der Waals surface area contributed by atoms with E-state index in [2.05, 4.69) is 39.6 Å². The average Bonchev–Trinajstić information content (AvgIpc) is 2.97. The van der Waals surface area contributed by atoms with Gasteiger partial charge in [0.1, 0.15) is 5.82 Å². The maximum atomic E-state index is 6.08. The lowest BCUT2D eigenvalue weighted by Crippen LogP contribution is -2.53. The average molecular weight is 349 g/mol. The smallest absolute Gasteiger partial charge is 0.157 e. The van der Waals surface area contributed by atoms with Crippen LogP contribution in [0.3, 0.4) is 0 Å². The Labute approximate surface area is 152 Å². The van der Waals surface area contributed by atoms with E-state index in [1.807, 2.05) is 22.8 Å². The Morgan fingerprint density at radius 3 is 2.81 bits per heavy atom. The van der Waals surface area contributed by atoms with E-state index in [9.17, 15) is 0 Å². The van der Waals surface area contributed by atoms with Crippen LogP contribution in [0.5, 0.6) is 0 Å². The number of hydrogen-bond donors (Lipinski definition) is 1. The van der Waals surface area contributed by atoms with E-state index in [0.717, 1.165) is 44.7 Å². The molecule has 0 amide bonds. The Kier molecular flexibility index (Phi) is 4.07. The number of nitrogens with zero attached hydrogens (tertiary/aromatic N) is 4. The third kappa shape index (κ3) is 2.85. The normalized spacial score (nSPS) is 17.8. The summed E-state index contributed by atoms with van der Waals surface area (Å²) in [5, 5.41) is 8.01. The Hall–Kier alpha value is -2.44. The van der Waals surface area contributed by atoms with Gasteiger partial charge in [0.15, 0.2) is 5.65 Å². The lowest BCUT2D eigenvalue weighted by Gasteiger charge is -2.41. The Balaban J connectivity index is 1.35. The molecule has 0 radical (unpaired) electrons. The van der Waals surface area contributed by atoms with Crippen molar-refractivity contribution in [2.24, 2.45) is 0 Å². The van der Waals surface area contributed by atoms with Crippen LogP contribution in [0.1, 0.15) is 16.8 Å².